The van der Waals surface area contributed by atoms with E-state index in [9.17, 15) is 4.79 Å². The number of nitrogens with one attached hydrogen (secondary N) is 1. The molecule has 0 bridgehead atoms. The Morgan fingerprint density at radius 1 is 0.963 bits per heavy atom. The van der Waals surface area contributed by atoms with E-state index in [0.717, 1.165) is 17.7 Å². The second-order valence-corrected chi connectivity index (χ2v) is 8.09. The molecule has 0 saturated carbocycles. The zero-order valence-corrected chi connectivity index (χ0v) is 16.4. The van der Waals surface area contributed by atoms with Crippen LogP contribution in [0, 0.1) is 0 Å². The summed E-state index contributed by atoms with van der Waals surface area (Å²) in [4.78, 5) is 13.1. The van der Waals surface area contributed by atoms with E-state index < -0.39 is 42.3 Å². The van der Waals surface area contributed by atoms with E-state index in [-0.39, 0.29) is 5.91 Å². The third-order valence-corrected chi connectivity index (χ3v) is 5.07. The first-order valence-corrected chi connectivity index (χ1v) is 9.44. The van der Waals surface area contributed by atoms with Crippen molar-refractivity contribution in [2.24, 2.45) is 0 Å². The van der Waals surface area contributed by atoms with Gasteiger partial charge in [-0.1, -0.05) is 25.1 Å². The van der Waals surface area contributed by atoms with Gasteiger partial charge < -0.3 is 29.0 Å². The quantitative estimate of drug-likeness (QED) is 0.873. The van der Waals surface area contributed by atoms with Crippen LogP contribution in [-0.2, 0) is 34.9 Å². The number of hydrogen-bond acceptors (Lipinski definition) is 6. The summed E-state index contributed by atoms with van der Waals surface area (Å²) in [6, 6.07) is 7.72. The Hall–Kier alpha value is -1.51. The molecule has 27 heavy (non-hydrogen) atoms. The van der Waals surface area contributed by atoms with E-state index in [4.69, 9.17) is 23.7 Å². The van der Waals surface area contributed by atoms with Crippen LogP contribution in [0.15, 0.2) is 24.3 Å². The average Bonchev–Trinajstić information content (AvgIpc) is 3.08. The van der Waals surface area contributed by atoms with Crippen LogP contribution in [0.3, 0.4) is 0 Å². The third-order valence-electron chi connectivity index (χ3n) is 5.07. The maximum Gasteiger partial charge on any atom is 0.256 e. The summed E-state index contributed by atoms with van der Waals surface area (Å²) in [5.41, 5.74) is 1.83. The van der Waals surface area contributed by atoms with Crippen LogP contribution < -0.4 is 5.32 Å². The van der Waals surface area contributed by atoms with E-state index in [0.29, 0.717) is 0 Å². The maximum atomic E-state index is 13.1. The molecule has 0 spiro atoms. The molecule has 3 saturated heterocycles. The highest BCUT2D eigenvalue weighted by atomic mass is 16.9. The number of rotatable bonds is 3. The van der Waals surface area contributed by atoms with Crippen molar-refractivity contribution in [3.63, 3.8) is 0 Å². The summed E-state index contributed by atoms with van der Waals surface area (Å²) < 4.78 is 29.9. The van der Waals surface area contributed by atoms with Gasteiger partial charge in [-0.2, -0.15) is 0 Å². The topological polar surface area (TPSA) is 75.3 Å². The molecule has 148 valence electrons. The zero-order chi connectivity index (χ0) is 19.4. The lowest BCUT2D eigenvalue weighted by Crippen LogP contribution is -2.58. The number of hydrogen-bond donors (Lipinski definition) is 1. The molecule has 1 amide bonds. The van der Waals surface area contributed by atoms with Crippen molar-refractivity contribution in [2.75, 3.05) is 5.32 Å². The molecule has 4 rings (SSSR count). The molecular weight excluding hydrogens is 350 g/mol. The Kier molecular flexibility index (Phi) is 4.56. The van der Waals surface area contributed by atoms with Gasteiger partial charge in [0.15, 0.2) is 24.0 Å². The number of para-hydroxylation sites is 1. The molecule has 5 atom stereocenters. The number of ether oxygens (including phenoxy) is 5. The van der Waals surface area contributed by atoms with Crippen LogP contribution in [0.4, 0.5) is 5.69 Å². The van der Waals surface area contributed by atoms with Crippen LogP contribution >= 0.6 is 0 Å². The SMILES string of the molecule is CCc1ccccc1NC(=O)[C@@H]1O[C@@H]2OC(C)(C)O[C@@H]2[C@H]2OC(C)(C)O[C@H]21. The summed E-state index contributed by atoms with van der Waals surface area (Å²) in [6.45, 7) is 9.32. The van der Waals surface area contributed by atoms with Gasteiger partial charge in [0.25, 0.3) is 5.91 Å². The predicted octanol–water partition coefficient (Wildman–Crippen LogP) is 2.58. The molecule has 3 heterocycles. The highest BCUT2D eigenvalue weighted by molar-refractivity contribution is 5.95. The summed E-state index contributed by atoms with van der Waals surface area (Å²) >= 11 is 0. The number of aryl methyl sites for hydroxylation is 1. The predicted molar refractivity (Wildman–Crippen MR) is 97.0 cm³/mol. The summed E-state index contributed by atoms with van der Waals surface area (Å²) in [5.74, 6) is -1.92. The van der Waals surface area contributed by atoms with Crippen molar-refractivity contribution in [1.82, 2.24) is 0 Å². The molecule has 1 aromatic carbocycles. The van der Waals surface area contributed by atoms with Crippen molar-refractivity contribution < 1.29 is 28.5 Å². The van der Waals surface area contributed by atoms with Crippen molar-refractivity contribution in [2.45, 2.75) is 83.3 Å². The Bertz CT molecular complexity index is 733. The first kappa shape index (κ1) is 18.8. The van der Waals surface area contributed by atoms with Gasteiger partial charge in [-0.25, -0.2) is 0 Å². The highest BCUT2D eigenvalue weighted by Gasteiger charge is 2.62. The lowest BCUT2D eigenvalue weighted by Gasteiger charge is -2.36. The van der Waals surface area contributed by atoms with Crippen LogP contribution in [0.1, 0.15) is 40.2 Å². The number of carbonyl (C=O) groups excluding carboxylic acids is 1. The molecule has 3 aliphatic heterocycles. The van der Waals surface area contributed by atoms with Gasteiger partial charge >= 0.3 is 0 Å². The Morgan fingerprint density at radius 3 is 2.33 bits per heavy atom. The molecule has 0 aromatic heterocycles. The van der Waals surface area contributed by atoms with Crippen molar-refractivity contribution >= 4 is 11.6 Å². The largest absolute Gasteiger partial charge is 0.342 e. The van der Waals surface area contributed by atoms with Crippen LogP contribution in [0.25, 0.3) is 0 Å². The van der Waals surface area contributed by atoms with Gasteiger partial charge in [0, 0.05) is 5.69 Å². The van der Waals surface area contributed by atoms with Crippen LogP contribution in [0.2, 0.25) is 0 Å². The lowest BCUT2D eigenvalue weighted by atomic mass is 9.98. The van der Waals surface area contributed by atoms with Crippen LogP contribution in [0.5, 0.6) is 0 Å². The number of fused-ring (bicyclic) bond motifs is 3. The van der Waals surface area contributed by atoms with Gasteiger partial charge in [-0.05, 0) is 45.7 Å². The van der Waals surface area contributed by atoms with E-state index in [1.807, 2.05) is 58.9 Å². The second-order valence-electron chi connectivity index (χ2n) is 8.09. The molecule has 0 radical (unpaired) electrons. The molecule has 0 unspecified atom stereocenters. The van der Waals surface area contributed by atoms with Crippen LogP contribution in [-0.4, -0.2) is 48.2 Å². The highest BCUT2D eigenvalue weighted by Crippen LogP contribution is 2.44. The van der Waals surface area contributed by atoms with Gasteiger partial charge in [0.05, 0.1) is 0 Å². The number of amides is 1. The third kappa shape index (κ3) is 3.50. The first-order chi connectivity index (χ1) is 12.7. The summed E-state index contributed by atoms with van der Waals surface area (Å²) in [6.07, 6.45) is -2.20. The minimum absolute atomic E-state index is 0.279. The summed E-state index contributed by atoms with van der Waals surface area (Å²) in [5, 5.41) is 2.98. The van der Waals surface area contributed by atoms with Crippen molar-refractivity contribution in [3.05, 3.63) is 29.8 Å². The van der Waals surface area contributed by atoms with E-state index in [1.165, 1.54) is 0 Å². The van der Waals surface area contributed by atoms with Crippen molar-refractivity contribution in [1.29, 1.82) is 0 Å². The van der Waals surface area contributed by atoms with E-state index in [1.54, 1.807) is 0 Å². The maximum absolute atomic E-state index is 13.1. The first-order valence-electron chi connectivity index (χ1n) is 9.44. The zero-order valence-electron chi connectivity index (χ0n) is 16.4. The molecule has 1 aromatic rings. The second kappa shape index (κ2) is 6.53. The smallest absolute Gasteiger partial charge is 0.256 e. The van der Waals surface area contributed by atoms with Crippen molar-refractivity contribution in [3.8, 4) is 0 Å². The standard InChI is InChI=1S/C20H27NO6/c1-6-11-9-7-8-10-12(11)21-17(22)15-13-14(25-19(2,3)24-13)16-18(23-15)27-20(4,5)26-16/h7-10,13-16,18H,6H2,1-5H3,(H,21,22)/t13-,14+,15-,16-,18-/m1/s1. The molecule has 0 aliphatic carbocycles. The summed E-state index contributed by atoms with van der Waals surface area (Å²) in [7, 11) is 0. The number of carbonyl (C=O) groups is 1. The van der Waals surface area contributed by atoms with Gasteiger partial charge in [-0.15, -0.1) is 0 Å². The molecule has 7 nitrogen and oxygen atoms in total. The normalized spacial score (nSPS) is 36.1. The fraction of sp³-hybridized carbons (Fsp3) is 0.650. The number of benzene rings is 1. The van der Waals surface area contributed by atoms with E-state index >= 15 is 0 Å². The van der Waals surface area contributed by atoms with Gasteiger partial charge in [-0.3, -0.25) is 4.79 Å². The van der Waals surface area contributed by atoms with Gasteiger partial charge in [0.2, 0.25) is 0 Å². The number of anilines is 1. The lowest BCUT2D eigenvalue weighted by molar-refractivity contribution is -0.229. The molecule has 3 fully saturated rings. The Balaban J connectivity index is 1.59. The molecule has 3 aliphatic rings. The molecule has 1 N–H and O–H groups in total. The monoisotopic (exact) mass is 377 g/mol. The van der Waals surface area contributed by atoms with Gasteiger partial charge in [0.1, 0.15) is 18.3 Å². The Morgan fingerprint density at radius 2 is 1.59 bits per heavy atom. The average molecular weight is 377 g/mol. The minimum atomic E-state index is -0.861. The fourth-order valence-electron chi connectivity index (χ4n) is 3.98. The molecule has 7 heteroatoms. The Labute approximate surface area is 159 Å². The van der Waals surface area contributed by atoms with E-state index in [2.05, 4.69) is 5.32 Å². The fourth-order valence-corrected chi connectivity index (χ4v) is 3.98. The minimum Gasteiger partial charge on any atom is -0.342 e. The molecular formula is C20H27NO6.